The van der Waals surface area contributed by atoms with Crippen LogP contribution in [0.1, 0.15) is 51.8 Å². The highest BCUT2D eigenvalue weighted by Crippen LogP contribution is 2.39. The zero-order valence-electron chi connectivity index (χ0n) is 16.9. The SMILES string of the molecule is C[C@H](NC(=O)[C@@H]1CCc2sc(NC(=O)c3ccc4c(c3)OCO4)nc21)c1ccccc1. The highest BCUT2D eigenvalue weighted by atomic mass is 32.1. The van der Waals surface area contributed by atoms with Crippen LogP contribution in [-0.2, 0) is 11.2 Å². The second-order valence-corrected chi connectivity index (χ2v) is 8.67. The first-order chi connectivity index (χ1) is 15.1. The Morgan fingerprint density at radius 2 is 1.94 bits per heavy atom. The smallest absolute Gasteiger partial charge is 0.257 e. The van der Waals surface area contributed by atoms with Gasteiger partial charge < -0.3 is 14.8 Å². The van der Waals surface area contributed by atoms with Gasteiger partial charge in [0.2, 0.25) is 12.7 Å². The Hall–Kier alpha value is -3.39. The first-order valence-corrected chi connectivity index (χ1v) is 11.0. The molecule has 1 aliphatic carbocycles. The van der Waals surface area contributed by atoms with Crippen molar-refractivity contribution in [3.05, 3.63) is 70.2 Å². The van der Waals surface area contributed by atoms with E-state index < -0.39 is 0 Å². The second kappa shape index (κ2) is 8.03. The van der Waals surface area contributed by atoms with Gasteiger partial charge in [-0.25, -0.2) is 4.98 Å². The minimum Gasteiger partial charge on any atom is -0.454 e. The van der Waals surface area contributed by atoms with Crippen molar-refractivity contribution in [2.75, 3.05) is 12.1 Å². The molecule has 0 saturated carbocycles. The molecule has 8 heteroatoms. The Bertz CT molecular complexity index is 1140. The Morgan fingerprint density at radius 3 is 2.77 bits per heavy atom. The summed E-state index contributed by atoms with van der Waals surface area (Å²) in [5.41, 5.74) is 2.29. The maximum atomic E-state index is 12.9. The number of nitrogens with one attached hydrogen (secondary N) is 2. The van der Waals surface area contributed by atoms with Gasteiger partial charge in [0, 0.05) is 10.4 Å². The predicted octanol–water partition coefficient (Wildman–Crippen LogP) is 4.03. The van der Waals surface area contributed by atoms with Crippen LogP contribution in [0.25, 0.3) is 0 Å². The lowest BCUT2D eigenvalue weighted by Gasteiger charge is -2.17. The molecule has 0 unspecified atom stereocenters. The number of aromatic nitrogens is 1. The molecular formula is C23H21N3O4S. The summed E-state index contributed by atoms with van der Waals surface area (Å²) in [6, 6.07) is 14.8. The van der Waals surface area contributed by atoms with Crippen LogP contribution in [-0.4, -0.2) is 23.6 Å². The molecule has 5 rings (SSSR count). The van der Waals surface area contributed by atoms with Crippen LogP contribution in [0, 0.1) is 0 Å². The number of carbonyl (C=O) groups excluding carboxylic acids is 2. The number of nitrogens with zero attached hydrogens (tertiary/aromatic N) is 1. The zero-order chi connectivity index (χ0) is 21.4. The van der Waals surface area contributed by atoms with Gasteiger partial charge in [0.05, 0.1) is 17.7 Å². The summed E-state index contributed by atoms with van der Waals surface area (Å²) < 4.78 is 10.6. The van der Waals surface area contributed by atoms with Gasteiger partial charge in [-0.15, -0.1) is 11.3 Å². The molecule has 0 bridgehead atoms. The number of thiazole rings is 1. The van der Waals surface area contributed by atoms with Crippen molar-refractivity contribution in [3.8, 4) is 11.5 Å². The lowest BCUT2D eigenvalue weighted by atomic mass is 10.0. The van der Waals surface area contributed by atoms with Gasteiger partial charge in [-0.1, -0.05) is 30.3 Å². The van der Waals surface area contributed by atoms with Crippen molar-refractivity contribution in [1.82, 2.24) is 10.3 Å². The number of fused-ring (bicyclic) bond motifs is 2. The highest BCUT2D eigenvalue weighted by Gasteiger charge is 2.33. The number of aryl methyl sites for hydroxylation is 1. The summed E-state index contributed by atoms with van der Waals surface area (Å²) >= 11 is 1.43. The summed E-state index contributed by atoms with van der Waals surface area (Å²) in [4.78, 5) is 31.2. The Labute approximate surface area is 183 Å². The van der Waals surface area contributed by atoms with Crippen molar-refractivity contribution in [2.24, 2.45) is 0 Å². The molecule has 1 aromatic heterocycles. The number of ether oxygens (including phenoxy) is 2. The molecule has 0 radical (unpaired) electrons. The largest absolute Gasteiger partial charge is 0.454 e. The van der Waals surface area contributed by atoms with E-state index in [1.54, 1.807) is 18.2 Å². The minimum absolute atomic E-state index is 0.0333. The Morgan fingerprint density at radius 1 is 1.13 bits per heavy atom. The molecule has 2 aromatic carbocycles. The van der Waals surface area contributed by atoms with Crippen molar-refractivity contribution in [2.45, 2.75) is 31.7 Å². The van der Waals surface area contributed by atoms with E-state index in [1.807, 2.05) is 37.3 Å². The molecule has 7 nitrogen and oxygen atoms in total. The third-order valence-corrected chi connectivity index (χ3v) is 6.59. The Balaban J connectivity index is 1.27. The summed E-state index contributed by atoms with van der Waals surface area (Å²) in [6.45, 7) is 2.13. The van der Waals surface area contributed by atoms with Gasteiger partial charge in [0.25, 0.3) is 5.91 Å². The van der Waals surface area contributed by atoms with E-state index in [4.69, 9.17) is 9.47 Å². The number of hydrogen-bond donors (Lipinski definition) is 2. The second-order valence-electron chi connectivity index (χ2n) is 7.58. The fraction of sp³-hybridized carbons (Fsp3) is 0.261. The maximum Gasteiger partial charge on any atom is 0.257 e. The molecule has 0 spiro atoms. The molecule has 1 aliphatic heterocycles. The first-order valence-electron chi connectivity index (χ1n) is 10.1. The summed E-state index contributed by atoms with van der Waals surface area (Å²) in [7, 11) is 0. The van der Waals surface area contributed by atoms with E-state index in [9.17, 15) is 9.59 Å². The number of rotatable bonds is 5. The molecule has 0 fully saturated rings. The highest BCUT2D eigenvalue weighted by molar-refractivity contribution is 7.16. The van der Waals surface area contributed by atoms with Gasteiger partial charge in [-0.3, -0.25) is 14.9 Å². The molecule has 2 N–H and O–H groups in total. The zero-order valence-corrected chi connectivity index (χ0v) is 17.7. The van der Waals surface area contributed by atoms with E-state index in [2.05, 4.69) is 15.6 Å². The monoisotopic (exact) mass is 435 g/mol. The van der Waals surface area contributed by atoms with E-state index in [-0.39, 0.29) is 30.6 Å². The fourth-order valence-electron chi connectivity index (χ4n) is 3.88. The lowest BCUT2D eigenvalue weighted by Crippen LogP contribution is -2.31. The van der Waals surface area contributed by atoms with Crippen LogP contribution in [0.2, 0.25) is 0 Å². The molecule has 2 amide bonds. The first kappa shape index (κ1) is 19.6. The van der Waals surface area contributed by atoms with Crippen LogP contribution >= 0.6 is 11.3 Å². The topological polar surface area (TPSA) is 89.6 Å². The minimum atomic E-state index is -0.298. The molecule has 2 aliphatic rings. The van der Waals surface area contributed by atoms with Crippen molar-refractivity contribution >= 4 is 28.3 Å². The quantitative estimate of drug-likeness (QED) is 0.632. The predicted molar refractivity (Wildman–Crippen MR) is 117 cm³/mol. The van der Waals surface area contributed by atoms with Crippen molar-refractivity contribution in [3.63, 3.8) is 0 Å². The standard InChI is InChI=1S/C23H21N3O4S/c1-13(14-5-3-2-4-6-14)24-22(28)16-8-10-19-20(16)25-23(31-19)26-21(27)15-7-9-17-18(11-15)30-12-29-17/h2-7,9,11,13,16H,8,10,12H2,1H3,(H,24,28)(H,25,26,27)/t13-,16+/m0/s1. The van der Waals surface area contributed by atoms with Gasteiger partial charge in [0.15, 0.2) is 16.6 Å². The average molecular weight is 436 g/mol. The van der Waals surface area contributed by atoms with Crippen LogP contribution in [0.15, 0.2) is 48.5 Å². The van der Waals surface area contributed by atoms with E-state index >= 15 is 0 Å². The van der Waals surface area contributed by atoms with Crippen LogP contribution in [0.3, 0.4) is 0 Å². The number of anilines is 1. The van der Waals surface area contributed by atoms with Crippen molar-refractivity contribution in [1.29, 1.82) is 0 Å². The van der Waals surface area contributed by atoms with Gasteiger partial charge in [-0.2, -0.15) is 0 Å². The Kier molecular flexibility index (Phi) is 5.07. The number of hydrogen-bond acceptors (Lipinski definition) is 6. The van der Waals surface area contributed by atoms with Gasteiger partial charge >= 0.3 is 0 Å². The van der Waals surface area contributed by atoms with Crippen molar-refractivity contribution < 1.29 is 19.1 Å². The normalized spacial score (nSPS) is 17.1. The lowest BCUT2D eigenvalue weighted by molar-refractivity contribution is -0.123. The number of carbonyl (C=O) groups is 2. The molecule has 2 heterocycles. The molecule has 2 atom stereocenters. The molecule has 3 aromatic rings. The van der Waals surface area contributed by atoms with Crippen LogP contribution in [0.4, 0.5) is 5.13 Å². The van der Waals surface area contributed by atoms with Crippen LogP contribution in [0.5, 0.6) is 11.5 Å². The third kappa shape index (κ3) is 3.86. The van der Waals surface area contributed by atoms with E-state index in [0.29, 0.717) is 22.2 Å². The third-order valence-electron chi connectivity index (χ3n) is 5.55. The maximum absolute atomic E-state index is 12.9. The molecule has 158 valence electrons. The fourth-order valence-corrected chi connectivity index (χ4v) is 4.92. The van der Waals surface area contributed by atoms with E-state index in [0.717, 1.165) is 29.0 Å². The summed E-state index contributed by atoms with van der Waals surface area (Å²) in [5, 5.41) is 6.44. The summed E-state index contributed by atoms with van der Waals surface area (Å²) in [5.74, 6) is 0.578. The average Bonchev–Trinajstić information content (AvgIpc) is 3.49. The number of amides is 2. The summed E-state index contributed by atoms with van der Waals surface area (Å²) in [6.07, 6.45) is 1.52. The van der Waals surface area contributed by atoms with Gasteiger partial charge in [-0.05, 0) is 43.5 Å². The number of benzene rings is 2. The van der Waals surface area contributed by atoms with Crippen LogP contribution < -0.4 is 20.1 Å². The van der Waals surface area contributed by atoms with E-state index in [1.165, 1.54) is 11.3 Å². The molecule has 0 saturated heterocycles. The van der Waals surface area contributed by atoms with Gasteiger partial charge in [0.1, 0.15) is 0 Å². The molecule has 31 heavy (non-hydrogen) atoms. The molecular weight excluding hydrogens is 414 g/mol.